The first-order valence-electron chi connectivity index (χ1n) is 5.54. The number of aromatic nitrogens is 1. The molecule has 1 heterocycles. The zero-order chi connectivity index (χ0) is 12.7. The number of carbonyl (C=O) groups is 2. The van der Waals surface area contributed by atoms with E-state index in [9.17, 15) is 9.59 Å². The van der Waals surface area contributed by atoms with E-state index in [1.165, 1.54) is 0 Å². The number of hydrogen-bond acceptors (Lipinski definition) is 3. The number of carboxylic acid groups (broad SMARTS) is 1. The van der Waals surface area contributed by atoms with Crippen LogP contribution in [0.3, 0.4) is 0 Å². The van der Waals surface area contributed by atoms with Gasteiger partial charge >= 0.3 is 5.97 Å². The summed E-state index contributed by atoms with van der Waals surface area (Å²) in [6, 6.07) is 2.89. The van der Waals surface area contributed by atoms with Gasteiger partial charge in [0.15, 0.2) is 0 Å². The third-order valence-corrected chi connectivity index (χ3v) is 2.41. The van der Waals surface area contributed by atoms with E-state index in [0.717, 1.165) is 5.56 Å². The van der Waals surface area contributed by atoms with Gasteiger partial charge in [-0.2, -0.15) is 0 Å². The minimum Gasteiger partial charge on any atom is -0.480 e. The molecule has 92 valence electrons. The topological polar surface area (TPSA) is 79.3 Å². The number of nitrogens with zero attached hydrogens (tertiary/aromatic N) is 1. The van der Waals surface area contributed by atoms with Crippen LogP contribution in [0.15, 0.2) is 24.5 Å². The average Bonchev–Trinajstić information content (AvgIpc) is 2.34. The van der Waals surface area contributed by atoms with Crippen LogP contribution in [0.1, 0.15) is 25.3 Å². The minimum atomic E-state index is -0.998. The highest BCUT2D eigenvalue weighted by atomic mass is 16.4. The van der Waals surface area contributed by atoms with E-state index in [1.54, 1.807) is 25.4 Å². The summed E-state index contributed by atoms with van der Waals surface area (Å²) in [5.74, 6) is -1.25. The monoisotopic (exact) mass is 236 g/mol. The lowest BCUT2D eigenvalue weighted by Crippen LogP contribution is -2.40. The fraction of sp³-hybridized carbons (Fsp3) is 0.417. The molecule has 0 aliphatic heterocycles. The molecular weight excluding hydrogens is 220 g/mol. The Morgan fingerprint density at radius 3 is 2.82 bits per heavy atom. The van der Waals surface area contributed by atoms with Crippen molar-refractivity contribution in [2.24, 2.45) is 0 Å². The molecule has 5 heteroatoms. The molecule has 0 saturated heterocycles. The molecule has 2 N–H and O–H groups in total. The Bertz CT molecular complexity index is 379. The Labute approximate surface area is 99.9 Å². The maximum Gasteiger partial charge on any atom is 0.326 e. The van der Waals surface area contributed by atoms with E-state index in [2.05, 4.69) is 10.3 Å². The van der Waals surface area contributed by atoms with Crippen LogP contribution in [0.25, 0.3) is 0 Å². The van der Waals surface area contributed by atoms with Crippen LogP contribution >= 0.6 is 0 Å². The van der Waals surface area contributed by atoms with Crippen molar-refractivity contribution >= 4 is 11.9 Å². The molecule has 0 aromatic carbocycles. The predicted octanol–water partition coefficient (Wildman–Crippen LogP) is 0.994. The number of carboxylic acids is 1. The smallest absolute Gasteiger partial charge is 0.326 e. The van der Waals surface area contributed by atoms with Crippen LogP contribution in [0.4, 0.5) is 0 Å². The molecule has 1 aromatic rings. The summed E-state index contributed by atoms with van der Waals surface area (Å²) in [5, 5.41) is 11.3. The summed E-state index contributed by atoms with van der Waals surface area (Å²) < 4.78 is 0. The van der Waals surface area contributed by atoms with Crippen molar-refractivity contribution in [3.8, 4) is 0 Å². The molecule has 1 rings (SSSR count). The Hall–Kier alpha value is -1.91. The third kappa shape index (κ3) is 4.63. The highest BCUT2D eigenvalue weighted by Gasteiger charge is 2.16. The standard InChI is InChI=1S/C12H16N2O3/c1-2-10(12(16)17)14-11(15)6-5-9-4-3-7-13-8-9/h3-4,7-8,10H,2,5-6H2,1H3,(H,14,15)(H,16,17)/t10-/m0/s1. The Morgan fingerprint density at radius 1 is 1.53 bits per heavy atom. The summed E-state index contributed by atoms with van der Waals surface area (Å²) >= 11 is 0. The molecule has 1 atom stereocenters. The van der Waals surface area contributed by atoms with Crippen LogP contribution < -0.4 is 5.32 Å². The van der Waals surface area contributed by atoms with Gasteiger partial charge in [-0.05, 0) is 24.5 Å². The summed E-state index contributed by atoms with van der Waals surface area (Å²) in [7, 11) is 0. The van der Waals surface area contributed by atoms with Crippen LogP contribution in [-0.2, 0) is 16.0 Å². The lowest BCUT2D eigenvalue weighted by atomic mass is 10.1. The second kappa shape index (κ2) is 6.62. The number of aryl methyl sites for hydroxylation is 1. The van der Waals surface area contributed by atoms with E-state index in [0.29, 0.717) is 12.8 Å². The average molecular weight is 236 g/mol. The van der Waals surface area contributed by atoms with Crippen molar-refractivity contribution in [2.75, 3.05) is 0 Å². The zero-order valence-corrected chi connectivity index (χ0v) is 9.72. The van der Waals surface area contributed by atoms with Gasteiger partial charge in [0.25, 0.3) is 0 Å². The number of nitrogens with one attached hydrogen (secondary N) is 1. The SMILES string of the molecule is CC[C@H](NC(=O)CCc1cccnc1)C(=O)O. The quantitative estimate of drug-likeness (QED) is 0.772. The van der Waals surface area contributed by atoms with Gasteiger partial charge in [-0.1, -0.05) is 13.0 Å². The normalized spacial score (nSPS) is 11.8. The molecule has 1 amide bonds. The number of hydrogen-bond donors (Lipinski definition) is 2. The fourth-order valence-electron chi connectivity index (χ4n) is 1.41. The molecule has 0 aliphatic rings. The molecule has 0 unspecified atom stereocenters. The van der Waals surface area contributed by atoms with E-state index < -0.39 is 12.0 Å². The maximum absolute atomic E-state index is 11.5. The van der Waals surface area contributed by atoms with Gasteiger partial charge in [0.2, 0.25) is 5.91 Å². The summed E-state index contributed by atoms with van der Waals surface area (Å²) in [5.41, 5.74) is 0.964. The van der Waals surface area contributed by atoms with E-state index in [1.807, 2.05) is 6.07 Å². The number of amides is 1. The predicted molar refractivity (Wildman–Crippen MR) is 62.4 cm³/mol. The zero-order valence-electron chi connectivity index (χ0n) is 9.72. The van der Waals surface area contributed by atoms with Crippen LogP contribution in [-0.4, -0.2) is 28.0 Å². The van der Waals surface area contributed by atoms with Crippen molar-refractivity contribution < 1.29 is 14.7 Å². The molecule has 0 spiro atoms. The Morgan fingerprint density at radius 2 is 2.29 bits per heavy atom. The summed E-state index contributed by atoms with van der Waals surface area (Å²) in [4.78, 5) is 26.2. The van der Waals surface area contributed by atoms with Crippen molar-refractivity contribution in [3.05, 3.63) is 30.1 Å². The van der Waals surface area contributed by atoms with Crippen molar-refractivity contribution in [1.29, 1.82) is 0 Å². The molecule has 0 fully saturated rings. The Balaban J connectivity index is 2.37. The number of rotatable bonds is 6. The van der Waals surface area contributed by atoms with Gasteiger partial charge < -0.3 is 10.4 Å². The molecule has 5 nitrogen and oxygen atoms in total. The molecule has 1 aromatic heterocycles. The second-order valence-corrected chi connectivity index (χ2v) is 3.73. The summed E-state index contributed by atoms with van der Waals surface area (Å²) in [6.07, 6.45) is 4.59. The molecule has 0 bridgehead atoms. The molecular formula is C12H16N2O3. The molecule has 17 heavy (non-hydrogen) atoms. The first-order chi connectivity index (χ1) is 8.13. The van der Waals surface area contributed by atoms with Crippen molar-refractivity contribution in [1.82, 2.24) is 10.3 Å². The molecule has 0 aliphatic carbocycles. The number of carbonyl (C=O) groups excluding carboxylic acids is 1. The minimum absolute atomic E-state index is 0.247. The van der Waals surface area contributed by atoms with Crippen molar-refractivity contribution in [2.45, 2.75) is 32.2 Å². The van der Waals surface area contributed by atoms with Gasteiger partial charge in [-0.3, -0.25) is 9.78 Å². The summed E-state index contributed by atoms with van der Waals surface area (Å²) in [6.45, 7) is 1.72. The van der Waals surface area contributed by atoms with Crippen LogP contribution in [0.2, 0.25) is 0 Å². The van der Waals surface area contributed by atoms with Gasteiger partial charge in [0, 0.05) is 18.8 Å². The van der Waals surface area contributed by atoms with Crippen LogP contribution in [0, 0.1) is 0 Å². The molecule has 0 saturated carbocycles. The fourth-order valence-corrected chi connectivity index (χ4v) is 1.41. The van der Waals surface area contributed by atoms with E-state index in [4.69, 9.17) is 5.11 Å². The third-order valence-electron chi connectivity index (χ3n) is 2.41. The van der Waals surface area contributed by atoms with Gasteiger partial charge in [0.1, 0.15) is 6.04 Å². The molecule has 0 radical (unpaired) electrons. The number of aliphatic carboxylic acids is 1. The maximum atomic E-state index is 11.5. The largest absolute Gasteiger partial charge is 0.480 e. The first kappa shape index (κ1) is 13.2. The Kier molecular flexibility index (Phi) is 5.13. The van der Waals surface area contributed by atoms with Gasteiger partial charge in [-0.15, -0.1) is 0 Å². The number of pyridine rings is 1. The first-order valence-corrected chi connectivity index (χ1v) is 5.54. The lowest BCUT2D eigenvalue weighted by Gasteiger charge is -2.11. The lowest BCUT2D eigenvalue weighted by molar-refractivity contribution is -0.141. The van der Waals surface area contributed by atoms with E-state index in [-0.39, 0.29) is 12.3 Å². The van der Waals surface area contributed by atoms with Gasteiger partial charge in [0.05, 0.1) is 0 Å². The second-order valence-electron chi connectivity index (χ2n) is 3.73. The highest BCUT2D eigenvalue weighted by Crippen LogP contribution is 2.01. The highest BCUT2D eigenvalue weighted by molar-refractivity contribution is 5.83. The van der Waals surface area contributed by atoms with Crippen LogP contribution in [0.5, 0.6) is 0 Å². The van der Waals surface area contributed by atoms with E-state index >= 15 is 0 Å². The van der Waals surface area contributed by atoms with Crippen molar-refractivity contribution in [3.63, 3.8) is 0 Å². The van der Waals surface area contributed by atoms with Gasteiger partial charge in [-0.25, -0.2) is 4.79 Å².